The van der Waals surface area contributed by atoms with E-state index in [2.05, 4.69) is 5.32 Å². The lowest BCUT2D eigenvalue weighted by atomic mass is 10.0. The number of halogens is 3. The number of rotatable bonds is 5. The number of amides is 1. The van der Waals surface area contributed by atoms with E-state index in [-0.39, 0.29) is 12.2 Å². The predicted molar refractivity (Wildman–Crippen MR) is 104 cm³/mol. The van der Waals surface area contributed by atoms with Crippen molar-refractivity contribution in [2.24, 2.45) is 0 Å². The second-order valence-electron chi connectivity index (χ2n) is 6.79. The summed E-state index contributed by atoms with van der Waals surface area (Å²) >= 11 is 0. The Kier molecular flexibility index (Phi) is 6.21. The molecule has 1 amide bonds. The quantitative estimate of drug-likeness (QED) is 0.769. The maximum absolute atomic E-state index is 13.1. The minimum atomic E-state index is -4.48. The molecule has 0 atom stereocenters. The van der Waals surface area contributed by atoms with Gasteiger partial charge in [0, 0.05) is 37.6 Å². The van der Waals surface area contributed by atoms with E-state index in [4.69, 9.17) is 5.73 Å². The number of piperazine rings is 1. The lowest BCUT2D eigenvalue weighted by Gasteiger charge is -2.30. The van der Waals surface area contributed by atoms with E-state index < -0.39 is 18.6 Å². The molecule has 0 aromatic heterocycles. The standard InChI is InChI=1S/C20H23F3N4O/c21-20(22,23)14-27(19(28)13-26-11-9-25-10-12-26)18-7-3-16(4-8-18)15-1-5-17(24)6-2-15/h1-8,25H,9-14,24H2. The van der Waals surface area contributed by atoms with Crippen LogP contribution in [0, 0.1) is 0 Å². The Morgan fingerprint density at radius 3 is 2.07 bits per heavy atom. The van der Waals surface area contributed by atoms with Gasteiger partial charge in [0.25, 0.3) is 0 Å². The van der Waals surface area contributed by atoms with Crippen molar-refractivity contribution in [3.63, 3.8) is 0 Å². The average Bonchev–Trinajstić information content (AvgIpc) is 2.67. The van der Waals surface area contributed by atoms with Crippen LogP contribution in [0.1, 0.15) is 0 Å². The molecular weight excluding hydrogens is 369 g/mol. The lowest BCUT2D eigenvalue weighted by molar-refractivity contribution is -0.133. The van der Waals surface area contributed by atoms with Crippen molar-refractivity contribution in [1.29, 1.82) is 0 Å². The Labute approximate surface area is 161 Å². The number of hydrogen-bond acceptors (Lipinski definition) is 4. The van der Waals surface area contributed by atoms with Crippen molar-refractivity contribution >= 4 is 17.3 Å². The Bertz CT molecular complexity index is 785. The van der Waals surface area contributed by atoms with Gasteiger partial charge in [-0.2, -0.15) is 13.2 Å². The highest BCUT2D eigenvalue weighted by atomic mass is 19.4. The summed E-state index contributed by atoms with van der Waals surface area (Å²) in [6.45, 7) is 1.39. The van der Waals surface area contributed by atoms with E-state index in [9.17, 15) is 18.0 Å². The van der Waals surface area contributed by atoms with Crippen LogP contribution in [0.4, 0.5) is 24.5 Å². The predicted octanol–water partition coefficient (Wildman–Crippen LogP) is 2.74. The molecule has 0 spiro atoms. The Hall–Kier alpha value is -2.58. The van der Waals surface area contributed by atoms with Crippen molar-refractivity contribution in [1.82, 2.24) is 10.2 Å². The zero-order chi connectivity index (χ0) is 20.1. The van der Waals surface area contributed by atoms with Crippen LogP contribution >= 0.6 is 0 Å². The highest BCUT2D eigenvalue weighted by molar-refractivity contribution is 5.95. The summed E-state index contributed by atoms with van der Waals surface area (Å²) in [5.41, 5.74) is 8.28. The molecule has 1 aliphatic rings. The number of carbonyl (C=O) groups excluding carboxylic acids is 1. The van der Waals surface area contributed by atoms with Gasteiger partial charge in [0.05, 0.1) is 6.54 Å². The van der Waals surface area contributed by atoms with E-state index in [1.165, 1.54) is 0 Å². The van der Waals surface area contributed by atoms with Crippen molar-refractivity contribution in [2.45, 2.75) is 6.18 Å². The molecule has 2 aromatic rings. The minimum absolute atomic E-state index is 0.0303. The van der Waals surface area contributed by atoms with E-state index in [0.29, 0.717) is 18.8 Å². The van der Waals surface area contributed by atoms with Gasteiger partial charge in [0.15, 0.2) is 0 Å². The number of nitrogens with zero attached hydrogens (tertiary/aromatic N) is 2. The monoisotopic (exact) mass is 392 g/mol. The van der Waals surface area contributed by atoms with Gasteiger partial charge in [0.2, 0.25) is 5.91 Å². The van der Waals surface area contributed by atoms with Gasteiger partial charge in [-0.25, -0.2) is 0 Å². The molecule has 0 aliphatic carbocycles. The van der Waals surface area contributed by atoms with Gasteiger partial charge in [-0.15, -0.1) is 0 Å². The fourth-order valence-corrected chi connectivity index (χ4v) is 3.16. The number of hydrogen-bond donors (Lipinski definition) is 2. The maximum Gasteiger partial charge on any atom is 0.406 e. The fourth-order valence-electron chi connectivity index (χ4n) is 3.16. The molecular formula is C20H23F3N4O. The first-order valence-corrected chi connectivity index (χ1v) is 9.08. The normalized spacial score (nSPS) is 15.4. The van der Waals surface area contributed by atoms with Gasteiger partial charge in [-0.1, -0.05) is 24.3 Å². The van der Waals surface area contributed by atoms with E-state index in [1.807, 2.05) is 17.0 Å². The molecule has 8 heteroatoms. The second-order valence-corrected chi connectivity index (χ2v) is 6.79. The number of carbonyl (C=O) groups is 1. The van der Waals surface area contributed by atoms with Crippen LogP contribution in [0.15, 0.2) is 48.5 Å². The first kappa shape index (κ1) is 20.2. The number of alkyl halides is 3. The van der Waals surface area contributed by atoms with Crippen molar-refractivity contribution in [2.75, 3.05) is 49.9 Å². The molecule has 5 nitrogen and oxygen atoms in total. The van der Waals surface area contributed by atoms with Crippen LogP contribution in [-0.2, 0) is 4.79 Å². The van der Waals surface area contributed by atoms with Crippen molar-refractivity contribution in [3.05, 3.63) is 48.5 Å². The molecule has 1 aliphatic heterocycles. The van der Waals surface area contributed by atoms with Gasteiger partial charge >= 0.3 is 6.18 Å². The summed E-state index contributed by atoms with van der Waals surface area (Å²) in [7, 11) is 0. The molecule has 1 heterocycles. The van der Waals surface area contributed by atoms with Crippen LogP contribution in [0.5, 0.6) is 0 Å². The smallest absolute Gasteiger partial charge is 0.399 e. The highest BCUT2D eigenvalue weighted by Crippen LogP contribution is 2.27. The third-order valence-corrected chi connectivity index (χ3v) is 4.63. The third-order valence-electron chi connectivity index (χ3n) is 4.63. The lowest BCUT2D eigenvalue weighted by Crippen LogP contribution is -2.50. The Morgan fingerprint density at radius 1 is 1.00 bits per heavy atom. The number of benzene rings is 2. The zero-order valence-corrected chi connectivity index (χ0v) is 15.4. The molecule has 0 radical (unpaired) electrons. The van der Waals surface area contributed by atoms with Crippen LogP contribution < -0.4 is 16.0 Å². The van der Waals surface area contributed by atoms with Crippen molar-refractivity contribution in [3.8, 4) is 11.1 Å². The zero-order valence-electron chi connectivity index (χ0n) is 15.4. The van der Waals surface area contributed by atoms with Gasteiger partial charge in [-0.3, -0.25) is 9.69 Å². The summed E-state index contributed by atoms with van der Waals surface area (Å²) in [6.07, 6.45) is -4.48. The second kappa shape index (κ2) is 8.62. The van der Waals surface area contributed by atoms with E-state index >= 15 is 0 Å². The molecule has 150 valence electrons. The van der Waals surface area contributed by atoms with Gasteiger partial charge in [0.1, 0.15) is 6.54 Å². The number of anilines is 2. The molecule has 2 aromatic carbocycles. The third kappa shape index (κ3) is 5.46. The van der Waals surface area contributed by atoms with Crippen molar-refractivity contribution < 1.29 is 18.0 Å². The molecule has 0 saturated carbocycles. The van der Waals surface area contributed by atoms with Crippen LogP contribution in [0.25, 0.3) is 11.1 Å². The number of nitrogen functional groups attached to an aromatic ring is 1. The Morgan fingerprint density at radius 2 is 1.54 bits per heavy atom. The largest absolute Gasteiger partial charge is 0.406 e. The van der Waals surface area contributed by atoms with Gasteiger partial charge < -0.3 is 16.0 Å². The minimum Gasteiger partial charge on any atom is -0.399 e. The van der Waals surface area contributed by atoms with Crippen LogP contribution in [-0.4, -0.2) is 56.3 Å². The molecule has 3 N–H and O–H groups in total. The molecule has 0 unspecified atom stereocenters. The topological polar surface area (TPSA) is 61.6 Å². The summed E-state index contributed by atoms with van der Waals surface area (Å²) < 4.78 is 39.2. The maximum atomic E-state index is 13.1. The van der Waals surface area contributed by atoms with E-state index in [1.54, 1.807) is 36.4 Å². The van der Waals surface area contributed by atoms with E-state index in [0.717, 1.165) is 29.1 Å². The molecule has 0 bridgehead atoms. The SMILES string of the molecule is Nc1ccc(-c2ccc(N(CC(F)(F)F)C(=O)CN3CCNCC3)cc2)cc1. The first-order valence-electron chi connectivity index (χ1n) is 9.08. The van der Waals surface area contributed by atoms with Crippen LogP contribution in [0.3, 0.4) is 0 Å². The summed E-state index contributed by atoms with van der Waals surface area (Å²) in [5, 5.41) is 3.16. The number of nitrogens with one attached hydrogen (secondary N) is 1. The van der Waals surface area contributed by atoms with Crippen LogP contribution in [0.2, 0.25) is 0 Å². The molecule has 28 heavy (non-hydrogen) atoms. The number of nitrogens with two attached hydrogens (primary N) is 1. The molecule has 3 rings (SSSR count). The summed E-state index contributed by atoms with van der Waals surface area (Å²) in [6, 6.07) is 13.7. The molecule has 1 fully saturated rings. The fraction of sp³-hybridized carbons (Fsp3) is 0.350. The summed E-state index contributed by atoms with van der Waals surface area (Å²) in [4.78, 5) is 15.3. The van der Waals surface area contributed by atoms with Gasteiger partial charge in [-0.05, 0) is 35.4 Å². The molecule has 1 saturated heterocycles. The Balaban J connectivity index is 1.78. The summed E-state index contributed by atoms with van der Waals surface area (Å²) in [5.74, 6) is -0.556. The highest BCUT2D eigenvalue weighted by Gasteiger charge is 2.34. The average molecular weight is 392 g/mol. The first-order chi connectivity index (χ1) is 13.3.